The molecule has 3 rings (SSSR count). The van der Waals surface area contributed by atoms with Gasteiger partial charge >= 0.3 is 0 Å². The summed E-state index contributed by atoms with van der Waals surface area (Å²) in [5, 5.41) is 5.57. The highest BCUT2D eigenvalue weighted by molar-refractivity contribution is 9.10. The molecule has 0 aliphatic heterocycles. The van der Waals surface area contributed by atoms with E-state index in [1.54, 1.807) is 30.3 Å². The number of furan rings is 1. The van der Waals surface area contributed by atoms with Crippen LogP contribution in [-0.4, -0.2) is 18.4 Å². The number of benzene rings is 2. The first-order valence-electron chi connectivity index (χ1n) is 9.58. The van der Waals surface area contributed by atoms with Crippen LogP contribution >= 0.6 is 15.9 Å². The molecule has 156 valence electrons. The zero-order valence-electron chi connectivity index (χ0n) is 16.5. The number of rotatable bonds is 8. The van der Waals surface area contributed by atoms with Gasteiger partial charge in [0.2, 0.25) is 11.8 Å². The average Bonchev–Trinajstić information content (AvgIpc) is 3.18. The molecule has 0 fully saturated rings. The molecule has 0 unspecified atom stereocenters. The fourth-order valence-corrected chi connectivity index (χ4v) is 3.26. The highest BCUT2D eigenvalue weighted by Crippen LogP contribution is 2.25. The van der Waals surface area contributed by atoms with Crippen molar-refractivity contribution >= 4 is 33.4 Å². The van der Waals surface area contributed by atoms with Crippen molar-refractivity contribution in [1.29, 1.82) is 0 Å². The van der Waals surface area contributed by atoms with Gasteiger partial charge in [0.25, 0.3) is 0 Å². The van der Waals surface area contributed by atoms with Gasteiger partial charge in [-0.05, 0) is 48.9 Å². The summed E-state index contributed by atoms with van der Waals surface area (Å²) in [6, 6.07) is 15.5. The Morgan fingerprint density at radius 1 is 1.03 bits per heavy atom. The van der Waals surface area contributed by atoms with E-state index in [9.17, 15) is 14.0 Å². The number of carbonyl (C=O) groups is 2. The molecule has 30 heavy (non-hydrogen) atoms. The molecule has 0 atom stereocenters. The number of hydrogen-bond acceptors (Lipinski definition) is 3. The largest absolute Gasteiger partial charge is 0.461 e. The summed E-state index contributed by atoms with van der Waals surface area (Å²) in [4.78, 5) is 24.1. The predicted octanol–water partition coefficient (Wildman–Crippen LogP) is 5.23. The number of nitrogens with one attached hydrogen (secondary N) is 2. The van der Waals surface area contributed by atoms with Crippen molar-refractivity contribution in [3.05, 3.63) is 76.2 Å². The molecule has 2 amide bonds. The summed E-state index contributed by atoms with van der Waals surface area (Å²) in [5.74, 6) is 0.337. The lowest BCUT2D eigenvalue weighted by molar-refractivity contribution is -0.121. The van der Waals surface area contributed by atoms with Crippen molar-refractivity contribution in [2.75, 3.05) is 11.9 Å². The van der Waals surface area contributed by atoms with E-state index in [1.807, 2.05) is 25.1 Å². The van der Waals surface area contributed by atoms with Crippen LogP contribution in [0.2, 0.25) is 0 Å². The fraction of sp³-hybridized carbons (Fsp3) is 0.217. The van der Waals surface area contributed by atoms with Gasteiger partial charge in [-0.15, -0.1) is 0 Å². The second kappa shape index (κ2) is 10.2. The van der Waals surface area contributed by atoms with E-state index in [0.717, 1.165) is 15.7 Å². The van der Waals surface area contributed by atoms with Crippen LogP contribution in [0.1, 0.15) is 24.2 Å². The van der Waals surface area contributed by atoms with Gasteiger partial charge in [0.15, 0.2) is 0 Å². The third-order valence-electron chi connectivity index (χ3n) is 4.55. The van der Waals surface area contributed by atoms with Crippen LogP contribution in [0.25, 0.3) is 11.3 Å². The van der Waals surface area contributed by atoms with E-state index in [0.29, 0.717) is 23.5 Å². The number of hydrogen-bond donors (Lipinski definition) is 2. The van der Waals surface area contributed by atoms with Gasteiger partial charge in [-0.25, -0.2) is 4.39 Å². The Labute approximate surface area is 182 Å². The second-order valence-electron chi connectivity index (χ2n) is 6.85. The van der Waals surface area contributed by atoms with Crippen molar-refractivity contribution in [2.45, 2.75) is 26.2 Å². The van der Waals surface area contributed by atoms with E-state index in [4.69, 9.17) is 4.42 Å². The minimum atomic E-state index is -0.354. The van der Waals surface area contributed by atoms with Crippen molar-refractivity contribution in [1.82, 2.24) is 5.32 Å². The van der Waals surface area contributed by atoms with Gasteiger partial charge in [-0.1, -0.05) is 34.1 Å². The normalized spacial score (nSPS) is 10.6. The minimum Gasteiger partial charge on any atom is -0.461 e. The van der Waals surface area contributed by atoms with E-state index in [1.165, 1.54) is 6.07 Å². The van der Waals surface area contributed by atoms with E-state index in [2.05, 4.69) is 26.6 Å². The maximum absolute atomic E-state index is 13.8. The number of amides is 2. The van der Waals surface area contributed by atoms with Gasteiger partial charge in [0.1, 0.15) is 17.3 Å². The molecule has 3 aromatic rings. The Bertz CT molecular complexity index is 1050. The van der Waals surface area contributed by atoms with E-state index in [-0.39, 0.29) is 37.0 Å². The van der Waals surface area contributed by atoms with Crippen LogP contribution in [0, 0.1) is 12.7 Å². The molecule has 0 saturated heterocycles. The maximum Gasteiger partial charge on any atom is 0.226 e. The lowest BCUT2D eigenvalue weighted by Gasteiger charge is -2.09. The van der Waals surface area contributed by atoms with Crippen LogP contribution in [0.5, 0.6) is 0 Å². The number of anilines is 1. The van der Waals surface area contributed by atoms with Crippen LogP contribution in [0.4, 0.5) is 10.1 Å². The summed E-state index contributed by atoms with van der Waals surface area (Å²) in [7, 11) is 0. The average molecular weight is 473 g/mol. The Balaban J connectivity index is 1.41. The van der Waals surface area contributed by atoms with Crippen LogP contribution in [-0.2, 0) is 16.0 Å². The molecule has 0 aliphatic carbocycles. The number of halogens is 2. The van der Waals surface area contributed by atoms with Crippen molar-refractivity contribution in [3.63, 3.8) is 0 Å². The summed E-state index contributed by atoms with van der Waals surface area (Å²) in [6.07, 6.45) is 0.788. The molecule has 2 N–H and O–H groups in total. The smallest absolute Gasteiger partial charge is 0.226 e. The van der Waals surface area contributed by atoms with Crippen LogP contribution in [0.3, 0.4) is 0 Å². The first-order chi connectivity index (χ1) is 14.4. The molecule has 0 saturated carbocycles. The highest BCUT2D eigenvalue weighted by atomic mass is 79.9. The molecular weight excluding hydrogens is 451 g/mol. The van der Waals surface area contributed by atoms with Crippen molar-refractivity contribution in [2.24, 2.45) is 0 Å². The molecule has 7 heteroatoms. The van der Waals surface area contributed by atoms with Crippen molar-refractivity contribution in [3.8, 4) is 11.3 Å². The highest BCUT2D eigenvalue weighted by Gasteiger charge is 2.11. The minimum absolute atomic E-state index is 0.169. The molecular formula is C23H22BrFN2O3. The molecule has 1 aromatic heterocycles. The molecule has 0 spiro atoms. The first-order valence-corrected chi connectivity index (χ1v) is 10.4. The Kier molecular flexibility index (Phi) is 7.41. The topological polar surface area (TPSA) is 71.3 Å². The first kappa shape index (κ1) is 21.8. The molecule has 0 aliphatic rings. The van der Waals surface area contributed by atoms with Gasteiger partial charge in [0, 0.05) is 36.0 Å². The fourth-order valence-electron chi connectivity index (χ4n) is 2.90. The van der Waals surface area contributed by atoms with Crippen molar-refractivity contribution < 1.29 is 18.4 Å². The van der Waals surface area contributed by atoms with Gasteiger partial charge in [-0.3, -0.25) is 9.59 Å². The maximum atomic E-state index is 13.8. The Hall–Kier alpha value is -2.93. The Morgan fingerprint density at radius 2 is 1.83 bits per heavy atom. The summed E-state index contributed by atoms with van der Waals surface area (Å²) in [5.41, 5.74) is 2.09. The van der Waals surface area contributed by atoms with E-state index < -0.39 is 0 Å². The number of carbonyl (C=O) groups excluding carboxylic acids is 2. The summed E-state index contributed by atoms with van der Waals surface area (Å²) >= 11 is 3.38. The van der Waals surface area contributed by atoms with Gasteiger partial charge in [-0.2, -0.15) is 0 Å². The van der Waals surface area contributed by atoms with Gasteiger partial charge < -0.3 is 15.1 Å². The molecule has 2 aromatic carbocycles. The number of aryl methyl sites for hydroxylation is 2. The van der Waals surface area contributed by atoms with E-state index >= 15 is 0 Å². The molecule has 1 heterocycles. The molecule has 5 nitrogen and oxygen atoms in total. The zero-order valence-corrected chi connectivity index (χ0v) is 18.1. The lowest BCUT2D eigenvalue weighted by Crippen LogP contribution is -2.27. The Morgan fingerprint density at radius 3 is 2.63 bits per heavy atom. The van der Waals surface area contributed by atoms with Gasteiger partial charge in [0.05, 0.1) is 5.56 Å². The summed E-state index contributed by atoms with van der Waals surface area (Å²) in [6.45, 7) is 2.16. The SMILES string of the molecule is Cc1ccc(Br)cc1NC(=O)CCNC(=O)CCc1ccc(-c2ccccc2F)o1. The second-order valence-corrected chi connectivity index (χ2v) is 7.77. The lowest BCUT2D eigenvalue weighted by atomic mass is 10.1. The predicted molar refractivity (Wildman–Crippen MR) is 118 cm³/mol. The molecule has 0 radical (unpaired) electrons. The molecule has 0 bridgehead atoms. The summed E-state index contributed by atoms with van der Waals surface area (Å²) < 4.78 is 20.3. The van der Waals surface area contributed by atoms with Crippen LogP contribution < -0.4 is 10.6 Å². The third kappa shape index (κ3) is 6.03. The monoisotopic (exact) mass is 472 g/mol. The zero-order chi connectivity index (χ0) is 21.5. The third-order valence-corrected chi connectivity index (χ3v) is 5.04. The van der Waals surface area contributed by atoms with Crippen LogP contribution in [0.15, 0.2) is 63.5 Å². The quantitative estimate of drug-likeness (QED) is 0.471. The standard InChI is InChI=1S/C23H22BrFN2O3/c1-15-6-7-16(24)14-20(15)27-23(29)12-13-26-22(28)11-9-17-8-10-21(30-17)18-4-2-3-5-19(18)25/h2-8,10,14H,9,11-13H2,1H3,(H,26,28)(H,27,29).